The predicted molar refractivity (Wildman–Crippen MR) is 69.4 cm³/mol. The van der Waals surface area contributed by atoms with Crippen molar-refractivity contribution >= 4 is 11.3 Å². The normalized spacial score (nSPS) is 12.7. The third-order valence-electron chi connectivity index (χ3n) is 2.67. The smallest absolute Gasteiger partial charge is 0.136 e. The molecule has 0 aliphatic heterocycles. The van der Waals surface area contributed by atoms with Gasteiger partial charge in [0.05, 0.1) is 5.69 Å². The van der Waals surface area contributed by atoms with Crippen molar-refractivity contribution < 1.29 is 8.78 Å². The van der Waals surface area contributed by atoms with Crippen molar-refractivity contribution in [2.75, 3.05) is 6.54 Å². The van der Waals surface area contributed by atoms with E-state index in [-0.39, 0.29) is 0 Å². The third-order valence-corrected chi connectivity index (χ3v) is 3.60. The second-order valence-corrected chi connectivity index (χ2v) is 5.17. The summed E-state index contributed by atoms with van der Waals surface area (Å²) in [6.07, 6.45) is 0.774. The van der Waals surface area contributed by atoms with E-state index in [0.29, 0.717) is 23.0 Å². The topological polar surface area (TPSA) is 38.9 Å². The molecule has 0 bridgehead atoms. The Morgan fingerprint density at radius 2 is 2.17 bits per heavy atom. The lowest BCUT2D eigenvalue weighted by Gasteiger charge is -2.04. The highest BCUT2D eigenvalue weighted by Crippen LogP contribution is 2.27. The summed E-state index contributed by atoms with van der Waals surface area (Å²) in [6.45, 7) is 2.63. The highest BCUT2D eigenvalue weighted by Gasteiger charge is 2.11. The fourth-order valence-corrected chi connectivity index (χ4v) is 2.49. The molecule has 0 spiro atoms. The summed E-state index contributed by atoms with van der Waals surface area (Å²) in [5.74, 6) is -0.814. The molecule has 0 amide bonds. The average Bonchev–Trinajstić information content (AvgIpc) is 2.77. The van der Waals surface area contributed by atoms with Gasteiger partial charge in [-0.05, 0) is 31.0 Å². The van der Waals surface area contributed by atoms with E-state index >= 15 is 0 Å². The summed E-state index contributed by atoms with van der Waals surface area (Å²) in [4.78, 5) is 4.36. The second kappa shape index (κ2) is 5.54. The minimum absolute atomic E-state index is 0.341. The number of rotatable bonds is 4. The number of benzene rings is 1. The fourth-order valence-electron chi connectivity index (χ4n) is 1.63. The fraction of sp³-hybridized carbons (Fsp3) is 0.308. The zero-order valence-corrected chi connectivity index (χ0v) is 10.8. The standard InChI is InChI=1S/C13H14F2N2S/c1-8(6-16)4-10-7-18-13(17-10)11-3-2-9(14)5-12(11)15/h2-3,5,7-8H,4,6,16H2,1H3. The average molecular weight is 268 g/mol. The first-order valence-electron chi connectivity index (χ1n) is 5.70. The Morgan fingerprint density at radius 3 is 2.83 bits per heavy atom. The minimum atomic E-state index is -0.581. The minimum Gasteiger partial charge on any atom is -0.330 e. The SMILES string of the molecule is CC(CN)Cc1csc(-c2ccc(F)cc2F)n1. The van der Waals surface area contributed by atoms with Crippen LogP contribution in [0.4, 0.5) is 8.78 Å². The zero-order valence-electron chi connectivity index (χ0n) is 9.99. The lowest BCUT2D eigenvalue weighted by Crippen LogP contribution is -2.13. The molecule has 1 unspecified atom stereocenters. The molecule has 1 atom stereocenters. The van der Waals surface area contributed by atoms with Gasteiger partial charge in [0.15, 0.2) is 0 Å². The molecule has 0 saturated heterocycles. The van der Waals surface area contributed by atoms with Crippen LogP contribution in [0.5, 0.6) is 0 Å². The Bertz CT molecular complexity index is 540. The first kappa shape index (κ1) is 13.1. The van der Waals surface area contributed by atoms with E-state index in [4.69, 9.17) is 5.73 Å². The molecule has 0 aliphatic rings. The summed E-state index contributed by atoms with van der Waals surface area (Å²) < 4.78 is 26.4. The summed E-state index contributed by atoms with van der Waals surface area (Å²) >= 11 is 1.36. The highest BCUT2D eigenvalue weighted by molar-refractivity contribution is 7.13. The van der Waals surface area contributed by atoms with Crippen molar-refractivity contribution in [1.82, 2.24) is 4.98 Å². The molecule has 0 aliphatic carbocycles. The van der Waals surface area contributed by atoms with Gasteiger partial charge in [-0.1, -0.05) is 6.92 Å². The number of aromatic nitrogens is 1. The van der Waals surface area contributed by atoms with Crippen LogP contribution in [-0.2, 0) is 6.42 Å². The number of hydrogen-bond donors (Lipinski definition) is 1. The summed E-state index contributed by atoms with van der Waals surface area (Å²) in [7, 11) is 0. The Balaban J connectivity index is 2.24. The molecule has 0 saturated carbocycles. The van der Waals surface area contributed by atoms with E-state index in [9.17, 15) is 8.78 Å². The molecule has 2 nitrogen and oxygen atoms in total. The monoisotopic (exact) mass is 268 g/mol. The van der Waals surface area contributed by atoms with Crippen LogP contribution < -0.4 is 5.73 Å². The van der Waals surface area contributed by atoms with Crippen LogP contribution in [0.15, 0.2) is 23.6 Å². The van der Waals surface area contributed by atoms with Crippen molar-refractivity contribution in [2.24, 2.45) is 11.7 Å². The van der Waals surface area contributed by atoms with Crippen molar-refractivity contribution in [3.63, 3.8) is 0 Å². The van der Waals surface area contributed by atoms with Gasteiger partial charge in [0, 0.05) is 17.0 Å². The van der Waals surface area contributed by atoms with Crippen molar-refractivity contribution in [3.05, 3.63) is 40.9 Å². The first-order valence-corrected chi connectivity index (χ1v) is 6.58. The van der Waals surface area contributed by atoms with Gasteiger partial charge in [0.1, 0.15) is 16.6 Å². The molecule has 1 heterocycles. The summed E-state index contributed by atoms with van der Waals surface area (Å²) in [6, 6.07) is 3.53. The molecule has 18 heavy (non-hydrogen) atoms. The highest BCUT2D eigenvalue weighted by atomic mass is 32.1. The number of nitrogens with two attached hydrogens (primary N) is 1. The number of hydrogen-bond acceptors (Lipinski definition) is 3. The van der Waals surface area contributed by atoms with Gasteiger partial charge in [-0.3, -0.25) is 0 Å². The largest absolute Gasteiger partial charge is 0.330 e. The lowest BCUT2D eigenvalue weighted by molar-refractivity contribution is 0.583. The molecule has 96 valence electrons. The number of nitrogens with zero attached hydrogens (tertiary/aromatic N) is 1. The van der Waals surface area contributed by atoms with Gasteiger partial charge >= 0.3 is 0 Å². The maximum absolute atomic E-state index is 13.6. The van der Waals surface area contributed by atoms with E-state index in [2.05, 4.69) is 4.98 Å². The molecule has 5 heteroatoms. The van der Waals surface area contributed by atoms with E-state index < -0.39 is 11.6 Å². The van der Waals surface area contributed by atoms with Gasteiger partial charge in [-0.25, -0.2) is 13.8 Å². The molecule has 1 aromatic heterocycles. The van der Waals surface area contributed by atoms with Crippen LogP contribution in [0.25, 0.3) is 10.6 Å². The van der Waals surface area contributed by atoms with E-state index in [1.54, 1.807) is 0 Å². The van der Waals surface area contributed by atoms with Gasteiger partial charge in [0.2, 0.25) is 0 Å². The van der Waals surface area contributed by atoms with Crippen molar-refractivity contribution in [1.29, 1.82) is 0 Å². The lowest BCUT2D eigenvalue weighted by atomic mass is 10.1. The Kier molecular flexibility index (Phi) is 4.04. The summed E-state index contributed by atoms with van der Waals surface area (Å²) in [5.41, 5.74) is 6.79. The molecular weight excluding hydrogens is 254 g/mol. The van der Waals surface area contributed by atoms with Crippen molar-refractivity contribution in [3.8, 4) is 10.6 Å². The van der Waals surface area contributed by atoms with E-state index in [1.807, 2.05) is 12.3 Å². The van der Waals surface area contributed by atoms with Crippen LogP contribution in [0, 0.1) is 17.6 Å². The van der Waals surface area contributed by atoms with Crippen LogP contribution in [0.2, 0.25) is 0 Å². The zero-order chi connectivity index (χ0) is 13.1. The molecule has 1 aromatic carbocycles. The molecule has 0 fully saturated rings. The molecule has 2 N–H and O–H groups in total. The first-order chi connectivity index (χ1) is 8.60. The Hall–Kier alpha value is -1.33. The second-order valence-electron chi connectivity index (χ2n) is 4.31. The molecule has 2 aromatic rings. The van der Waals surface area contributed by atoms with Crippen LogP contribution >= 0.6 is 11.3 Å². The summed E-state index contributed by atoms with van der Waals surface area (Å²) in [5, 5.41) is 2.47. The predicted octanol–water partition coefficient (Wildman–Crippen LogP) is 3.23. The Labute approximate surface area is 108 Å². The van der Waals surface area contributed by atoms with Gasteiger partial charge in [0.25, 0.3) is 0 Å². The van der Waals surface area contributed by atoms with Gasteiger partial charge in [-0.2, -0.15) is 0 Å². The van der Waals surface area contributed by atoms with Gasteiger partial charge in [-0.15, -0.1) is 11.3 Å². The van der Waals surface area contributed by atoms with Crippen LogP contribution in [-0.4, -0.2) is 11.5 Å². The third kappa shape index (κ3) is 2.91. The number of halogens is 2. The van der Waals surface area contributed by atoms with Crippen molar-refractivity contribution in [2.45, 2.75) is 13.3 Å². The van der Waals surface area contributed by atoms with E-state index in [1.165, 1.54) is 23.5 Å². The molecule has 2 rings (SSSR count). The van der Waals surface area contributed by atoms with E-state index in [0.717, 1.165) is 18.2 Å². The quantitative estimate of drug-likeness (QED) is 0.924. The molecule has 0 radical (unpaired) electrons. The Morgan fingerprint density at radius 1 is 1.39 bits per heavy atom. The maximum Gasteiger partial charge on any atom is 0.136 e. The van der Waals surface area contributed by atoms with Gasteiger partial charge < -0.3 is 5.73 Å². The van der Waals surface area contributed by atoms with Crippen LogP contribution in [0.3, 0.4) is 0 Å². The van der Waals surface area contributed by atoms with Crippen LogP contribution in [0.1, 0.15) is 12.6 Å². The molecular formula is C13H14F2N2S. The maximum atomic E-state index is 13.6. The number of thiazole rings is 1.